The fraction of sp³-hybridized carbons (Fsp3) is 0.500. The molecule has 7 nitrogen and oxygen atoms in total. The van der Waals surface area contributed by atoms with Gasteiger partial charge in [0.25, 0.3) is 0 Å². The van der Waals surface area contributed by atoms with E-state index >= 15 is 0 Å². The molecule has 1 atom stereocenters. The Bertz CT molecular complexity index is 408. The van der Waals surface area contributed by atoms with E-state index in [1.54, 1.807) is 20.8 Å². The summed E-state index contributed by atoms with van der Waals surface area (Å²) in [5.41, 5.74) is 1.95. The lowest BCUT2D eigenvalue weighted by atomic mass is 10.2. The number of urea groups is 1. The summed E-state index contributed by atoms with van der Waals surface area (Å²) in [7, 11) is 0. The number of nitrogens with zero attached hydrogens (tertiary/aromatic N) is 1. The van der Waals surface area contributed by atoms with Crippen molar-refractivity contribution in [2.75, 3.05) is 5.32 Å². The number of aromatic nitrogens is 2. The number of rotatable bonds is 4. The number of aryl methyl sites for hydroxylation is 2. The minimum Gasteiger partial charge on any atom is -0.480 e. The first-order chi connectivity index (χ1) is 7.95. The molecular formula is C10H16N4O3. The molecule has 0 saturated carbocycles. The van der Waals surface area contributed by atoms with Crippen LogP contribution >= 0.6 is 0 Å². The molecular weight excluding hydrogens is 224 g/mol. The number of aliphatic carboxylic acids is 1. The van der Waals surface area contributed by atoms with Crippen molar-refractivity contribution in [3.8, 4) is 0 Å². The van der Waals surface area contributed by atoms with Crippen molar-refractivity contribution in [1.82, 2.24) is 15.5 Å². The Labute approximate surface area is 98.6 Å². The first-order valence-electron chi connectivity index (χ1n) is 5.27. The number of nitrogens with one attached hydrogen (secondary N) is 3. The maximum absolute atomic E-state index is 11.6. The van der Waals surface area contributed by atoms with E-state index in [4.69, 9.17) is 5.11 Å². The highest BCUT2D eigenvalue weighted by Gasteiger charge is 2.18. The second-order valence-electron chi connectivity index (χ2n) is 3.71. The van der Waals surface area contributed by atoms with E-state index < -0.39 is 18.0 Å². The standard InChI is InChI=1S/C10H16N4O3/c1-4-7(9(15)16)11-10(17)12-8-5(2)13-14-6(8)3/h7H,4H2,1-3H3,(H,13,14)(H,15,16)(H2,11,12,17)/t7-/m0/s1. The summed E-state index contributed by atoms with van der Waals surface area (Å²) in [6, 6.07) is -1.44. The molecule has 0 fully saturated rings. The van der Waals surface area contributed by atoms with Gasteiger partial charge in [0.1, 0.15) is 6.04 Å². The third kappa shape index (κ3) is 3.20. The third-order valence-electron chi connectivity index (χ3n) is 2.38. The Morgan fingerprint density at radius 2 is 2.12 bits per heavy atom. The summed E-state index contributed by atoms with van der Waals surface area (Å²) in [6.45, 7) is 5.20. The zero-order chi connectivity index (χ0) is 13.0. The van der Waals surface area contributed by atoms with Crippen molar-refractivity contribution >= 4 is 17.7 Å². The lowest BCUT2D eigenvalue weighted by molar-refractivity contribution is -0.139. The van der Waals surface area contributed by atoms with Crippen molar-refractivity contribution in [2.24, 2.45) is 0 Å². The minimum atomic E-state index is -1.05. The average Bonchev–Trinajstić information content (AvgIpc) is 2.57. The summed E-state index contributed by atoms with van der Waals surface area (Å²) >= 11 is 0. The summed E-state index contributed by atoms with van der Waals surface area (Å²) in [5, 5.41) is 20.4. The Balaban J connectivity index is 2.64. The molecule has 0 aromatic carbocycles. The van der Waals surface area contributed by atoms with Crippen LogP contribution in [-0.2, 0) is 4.79 Å². The highest BCUT2D eigenvalue weighted by molar-refractivity contribution is 5.93. The number of carbonyl (C=O) groups excluding carboxylic acids is 1. The Morgan fingerprint density at radius 3 is 2.53 bits per heavy atom. The van der Waals surface area contributed by atoms with Crippen LogP contribution in [0.2, 0.25) is 0 Å². The number of amides is 2. The highest BCUT2D eigenvalue weighted by atomic mass is 16.4. The Kier molecular flexibility index (Phi) is 4.08. The summed E-state index contributed by atoms with van der Waals surface area (Å²) in [6.07, 6.45) is 0.326. The van der Waals surface area contributed by atoms with Crippen molar-refractivity contribution in [2.45, 2.75) is 33.2 Å². The van der Waals surface area contributed by atoms with Gasteiger partial charge in [-0.2, -0.15) is 5.10 Å². The number of aromatic amines is 1. The van der Waals surface area contributed by atoms with E-state index in [9.17, 15) is 9.59 Å². The molecule has 4 N–H and O–H groups in total. The monoisotopic (exact) mass is 240 g/mol. The fourth-order valence-corrected chi connectivity index (χ4v) is 1.38. The lowest BCUT2D eigenvalue weighted by Crippen LogP contribution is -2.42. The third-order valence-corrected chi connectivity index (χ3v) is 2.38. The molecule has 1 aromatic heterocycles. The van der Waals surface area contributed by atoms with Gasteiger partial charge in [-0.25, -0.2) is 9.59 Å². The summed E-state index contributed by atoms with van der Waals surface area (Å²) < 4.78 is 0. The second-order valence-corrected chi connectivity index (χ2v) is 3.71. The predicted octanol–water partition coefficient (Wildman–Crippen LogP) is 1.01. The van der Waals surface area contributed by atoms with E-state index in [0.717, 1.165) is 5.69 Å². The first kappa shape index (κ1) is 13.0. The Hall–Kier alpha value is -2.05. The second kappa shape index (κ2) is 5.33. The number of anilines is 1. The molecule has 2 amide bonds. The normalized spacial score (nSPS) is 11.9. The number of hydrogen-bond acceptors (Lipinski definition) is 3. The smallest absolute Gasteiger partial charge is 0.326 e. The number of carboxylic acids is 1. The molecule has 1 heterocycles. The topological polar surface area (TPSA) is 107 Å². The highest BCUT2D eigenvalue weighted by Crippen LogP contribution is 2.15. The van der Waals surface area contributed by atoms with Crippen molar-refractivity contribution < 1.29 is 14.7 Å². The molecule has 1 aromatic rings. The first-order valence-corrected chi connectivity index (χ1v) is 5.27. The van der Waals surface area contributed by atoms with E-state index in [0.29, 0.717) is 17.8 Å². The van der Waals surface area contributed by atoms with E-state index in [1.807, 2.05) is 0 Å². The zero-order valence-corrected chi connectivity index (χ0v) is 10.00. The van der Waals surface area contributed by atoms with E-state index in [2.05, 4.69) is 20.8 Å². The van der Waals surface area contributed by atoms with Gasteiger partial charge >= 0.3 is 12.0 Å². The fourth-order valence-electron chi connectivity index (χ4n) is 1.38. The molecule has 1 rings (SSSR count). The van der Waals surface area contributed by atoms with Crippen LogP contribution in [0.1, 0.15) is 24.7 Å². The van der Waals surface area contributed by atoms with Gasteiger partial charge in [0.2, 0.25) is 0 Å². The number of hydrogen-bond donors (Lipinski definition) is 4. The van der Waals surface area contributed by atoms with Gasteiger partial charge in [-0.15, -0.1) is 0 Å². The molecule has 0 bridgehead atoms. The van der Waals surface area contributed by atoms with Crippen LogP contribution in [0.25, 0.3) is 0 Å². The molecule has 0 radical (unpaired) electrons. The predicted molar refractivity (Wildman–Crippen MR) is 61.9 cm³/mol. The van der Waals surface area contributed by atoms with E-state index in [-0.39, 0.29) is 0 Å². The van der Waals surface area contributed by atoms with Crippen LogP contribution in [0, 0.1) is 13.8 Å². The molecule has 0 unspecified atom stereocenters. The van der Waals surface area contributed by atoms with Gasteiger partial charge in [-0.1, -0.05) is 6.92 Å². The molecule has 0 saturated heterocycles. The van der Waals surface area contributed by atoms with Crippen LogP contribution in [0.15, 0.2) is 0 Å². The van der Waals surface area contributed by atoms with Gasteiger partial charge < -0.3 is 15.7 Å². The maximum atomic E-state index is 11.6. The van der Waals surface area contributed by atoms with Gasteiger partial charge in [-0.3, -0.25) is 5.10 Å². The van der Waals surface area contributed by atoms with Crippen LogP contribution in [0.4, 0.5) is 10.5 Å². The van der Waals surface area contributed by atoms with Gasteiger partial charge in [0.15, 0.2) is 0 Å². The van der Waals surface area contributed by atoms with Crippen LogP contribution in [-0.4, -0.2) is 33.3 Å². The van der Waals surface area contributed by atoms with Gasteiger partial charge in [0.05, 0.1) is 17.1 Å². The Morgan fingerprint density at radius 1 is 1.47 bits per heavy atom. The largest absolute Gasteiger partial charge is 0.480 e. The number of carbonyl (C=O) groups is 2. The minimum absolute atomic E-state index is 0.326. The molecule has 7 heteroatoms. The molecule has 0 aliphatic rings. The van der Waals surface area contributed by atoms with Crippen LogP contribution in [0.3, 0.4) is 0 Å². The SMILES string of the molecule is CC[C@H](NC(=O)Nc1c(C)n[nH]c1C)C(=O)O. The number of carboxylic acid groups (broad SMARTS) is 1. The van der Waals surface area contributed by atoms with Crippen molar-refractivity contribution in [1.29, 1.82) is 0 Å². The quantitative estimate of drug-likeness (QED) is 0.630. The lowest BCUT2D eigenvalue weighted by Gasteiger charge is -2.13. The maximum Gasteiger partial charge on any atom is 0.326 e. The van der Waals surface area contributed by atoms with Crippen molar-refractivity contribution in [3.05, 3.63) is 11.4 Å². The van der Waals surface area contributed by atoms with Crippen LogP contribution < -0.4 is 10.6 Å². The van der Waals surface area contributed by atoms with Gasteiger partial charge in [0, 0.05) is 0 Å². The van der Waals surface area contributed by atoms with Crippen LogP contribution in [0.5, 0.6) is 0 Å². The van der Waals surface area contributed by atoms with E-state index in [1.165, 1.54) is 0 Å². The zero-order valence-electron chi connectivity index (χ0n) is 10.00. The summed E-state index contributed by atoms with van der Waals surface area (Å²) in [5.74, 6) is -1.05. The molecule has 17 heavy (non-hydrogen) atoms. The molecule has 0 aliphatic carbocycles. The average molecular weight is 240 g/mol. The molecule has 0 spiro atoms. The number of H-pyrrole nitrogens is 1. The molecule has 0 aliphatic heterocycles. The van der Waals surface area contributed by atoms with Gasteiger partial charge in [-0.05, 0) is 20.3 Å². The summed E-state index contributed by atoms with van der Waals surface area (Å²) in [4.78, 5) is 22.3. The molecule has 94 valence electrons. The van der Waals surface area contributed by atoms with Crippen molar-refractivity contribution in [3.63, 3.8) is 0 Å².